The molecule has 3 fully saturated rings. The molecule has 9 nitrogen and oxygen atoms in total. The molecule has 1 heterocycles. The van der Waals surface area contributed by atoms with Crippen molar-refractivity contribution >= 4 is 24.3 Å². The molecule has 0 spiro atoms. The van der Waals surface area contributed by atoms with Gasteiger partial charge in [0.25, 0.3) is 5.91 Å². The van der Waals surface area contributed by atoms with E-state index in [9.17, 15) is 24.4 Å². The highest BCUT2D eigenvalue weighted by Gasteiger charge is 2.41. The number of amides is 4. The average Bonchev–Trinajstić information content (AvgIpc) is 3.33. The summed E-state index contributed by atoms with van der Waals surface area (Å²) >= 11 is 0. The number of hydrogen-bond donors (Lipinski definition) is 2. The first-order valence-corrected chi connectivity index (χ1v) is 10.2. The molecule has 2 saturated carbocycles. The lowest BCUT2D eigenvalue weighted by molar-refractivity contribution is -0.159. The van der Waals surface area contributed by atoms with Gasteiger partial charge in [0, 0.05) is 6.54 Å². The lowest BCUT2D eigenvalue weighted by atomic mass is 9.89. The number of likely N-dealkylation sites (tertiary alicyclic amines) is 1. The molecule has 0 aromatic rings. The summed E-state index contributed by atoms with van der Waals surface area (Å²) in [4.78, 5) is 50.0. The van der Waals surface area contributed by atoms with Gasteiger partial charge in [-0.3, -0.25) is 24.9 Å². The summed E-state index contributed by atoms with van der Waals surface area (Å²) in [6.07, 6.45) is 6.93. The molecule has 1 saturated heterocycles. The smallest absolute Gasteiger partial charge is 0.414 e. The number of hydrogen-bond acceptors (Lipinski definition) is 6. The maximum Gasteiger partial charge on any atom is 0.414 e. The van der Waals surface area contributed by atoms with Crippen LogP contribution in [0.25, 0.3) is 0 Å². The molecule has 0 bridgehead atoms. The van der Waals surface area contributed by atoms with E-state index in [1.165, 1.54) is 4.90 Å². The third kappa shape index (κ3) is 4.81. The third-order valence-electron chi connectivity index (χ3n) is 6.18. The molecule has 2 N–H and O–H groups in total. The molecule has 2 aliphatic carbocycles. The molecule has 2 atom stereocenters. The molecule has 0 aromatic heterocycles. The van der Waals surface area contributed by atoms with Crippen molar-refractivity contribution in [3.63, 3.8) is 0 Å². The molecule has 1 unspecified atom stereocenters. The Bertz CT molecular complexity index is 602. The monoisotopic (exact) mass is 395 g/mol. The number of nitrogens with zero attached hydrogens (tertiary/aromatic N) is 2. The van der Waals surface area contributed by atoms with Crippen molar-refractivity contribution in [1.82, 2.24) is 15.3 Å². The predicted octanol–water partition coefficient (Wildman–Crippen LogP) is 1.44. The lowest BCUT2D eigenvalue weighted by Gasteiger charge is -2.32. The Kier molecular flexibility index (Phi) is 6.88. The van der Waals surface area contributed by atoms with Crippen molar-refractivity contribution in [1.29, 1.82) is 0 Å². The number of rotatable bonds is 7. The van der Waals surface area contributed by atoms with Crippen LogP contribution < -0.4 is 5.32 Å². The first kappa shape index (κ1) is 20.6. The Labute approximate surface area is 164 Å². The zero-order chi connectivity index (χ0) is 20.1. The topological polar surface area (TPSA) is 116 Å². The van der Waals surface area contributed by atoms with E-state index in [2.05, 4.69) is 5.32 Å². The number of ether oxygens (including phenoxy) is 1. The van der Waals surface area contributed by atoms with Crippen LogP contribution in [-0.4, -0.2) is 64.7 Å². The van der Waals surface area contributed by atoms with Crippen LogP contribution in [0.5, 0.6) is 0 Å². The highest BCUT2D eigenvalue weighted by molar-refractivity contribution is 5.97. The number of hydroxylamine groups is 2. The number of nitrogens with one attached hydrogen (secondary N) is 1. The number of carbonyl (C=O) groups is 4. The Hall–Kier alpha value is -2.16. The molecule has 1 aliphatic heterocycles. The summed E-state index contributed by atoms with van der Waals surface area (Å²) < 4.78 is 5.16. The minimum atomic E-state index is -0.760. The molecule has 0 aromatic carbocycles. The third-order valence-corrected chi connectivity index (χ3v) is 6.18. The number of alkyl carbamates (subject to hydrolysis) is 1. The van der Waals surface area contributed by atoms with Crippen molar-refractivity contribution in [3.05, 3.63) is 0 Å². The largest absolute Gasteiger partial charge is 0.446 e. The van der Waals surface area contributed by atoms with E-state index in [0.29, 0.717) is 30.9 Å². The van der Waals surface area contributed by atoms with Crippen LogP contribution in [0.4, 0.5) is 4.79 Å². The van der Waals surface area contributed by atoms with Crippen LogP contribution >= 0.6 is 0 Å². The zero-order valence-corrected chi connectivity index (χ0v) is 16.0. The Balaban J connectivity index is 1.63. The first-order valence-electron chi connectivity index (χ1n) is 10.2. The van der Waals surface area contributed by atoms with Gasteiger partial charge in [-0.05, 0) is 50.9 Å². The maximum atomic E-state index is 13.2. The Morgan fingerprint density at radius 1 is 1.11 bits per heavy atom. The fourth-order valence-corrected chi connectivity index (χ4v) is 4.40. The summed E-state index contributed by atoms with van der Waals surface area (Å²) in [6.45, 7) is 0.339. The maximum absolute atomic E-state index is 13.2. The van der Waals surface area contributed by atoms with Crippen LogP contribution in [-0.2, 0) is 19.1 Å². The van der Waals surface area contributed by atoms with Gasteiger partial charge in [-0.15, -0.1) is 0 Å². The summed E-state index contributed by atoms with van der Waals surface area (Å²) in [6, 6.07) is -0.728. The van der Waals surface area contributed by atoms with Gasteiger partial charge in [0.2, 0.25) is 12.3 Å². The molecule has 3 aliphatic rings. The van der Waals surface area contributed by atoms with Crippen LogP contribution in [0.2, 0.25) is 0 Å². The number of carbonyl (C=O) groups excluding carboxylic acids is 4. The van der Waals surface area contributed by atoms with Gasteiger partial charge < -0.3 is 9.64 Å². The van der Waals surface area contributed by atoms with E-state index in [0.717, 1.165) is 44.9 Å². The lowest BCUT2D eigenvalue weighted by Crippen LogP contribution is -2.51. The van der Waals surface area contributed by atoms with Gasteiger partial charge in [0.05, 0.1) is 12.5 Å². The molecular formula is C19H29N3O6. The zero-order valence-electron chi connectivity index (χ0n) is 16.0. The second-order valence-corrected chi connectivity index (χ2v) is 8.02. The standard InChI is InChI=1S/C19H29N3O6/c23-12-21(27)11-15(13-5-1-2-6-13)18(25)22-10-4-9-16(22)17(24)20-19(26)28-14-7-3-8-14/h12-16,27H,1-11H2,(H,20,24,26)/t15?,16-/m0/s1. The van der Waals surface area contributed by atoms with Crippen LogP contribution in [0.3, 0.4) is 0 Å². The van der Waals surface area contributed by atoms with E-state index >= 15 is 0 Å². The predicted molar refractivity (Wildman–Crippen MR) is 97.0 cm³/mol. The van der Waals surface area contributed by atoms with Crippen molar-refractivity contribution in [2.45, 2.75) is 69.9 Å². The van der Waals surface area contributed by atoms with E-state index in [1.54, 1.807) is 0 Å². The molecule has 9 heteroatoms. The quantitative estimate of drug-likeness (QED) is 0.383. The minimum Gasteiger partial charge on any atom is -0.446 e. The van der Waals surface area contributed by atoms with Crippen molar-refractivity contribution in [2.24, 2.45) is 11.8 Å². The SMILES string of the molecule is O=CN(O)CC(C(=O)N1CCC[C@H]1C(=O)NC(=O)OC1CCC1)C1CCCC1. The highest BCUT2D eigenvalue weighted by Crippen LogP contribution is 2.34. The molecular weight excluding hydrogens is 366 g/mol. The first-order chi connectivity index (χ1) is 13.5. The second kappa shape index (κ2) is 9.36. The molecule has 156 valence electrons. The van der Waals surface area contributed by atoms with Crippen LogP contribution in [0, 0.1) is 11.8 Å². The van der Waals surface area contributed by atoms with Gasteiger partial charge in [0.1, 0.15) is 12.1 Å². The highest BCUT2D eigenvalue weighted by atomic mass is 16.6. The van der Waals surface area contributed by atoms with Gasteiger partial charge in [-0.2, -0.15) is 0 Å². The molecule has 3 rings (SSSR count). The van der Waals surface area contributed by atoms with Gasteiger partial charge in [0.15, 0.2) is 0 Å². The van der Waals surface area contributed by atoms with E-state index < -0.39 is 24.0 Å². The second-order valence-electron chi connectivity index (χ2n) is 8.02. The minimum absolute atomic E-state index is 0.0787. The molecule has 4 amide bonds. The van der Waals surface area contributed by atoms with Crippen LogP contribution in [0.15, 0.2) is 0 Å². The molecule has 28 heavy (non-hydrogen) atoms. The van der Waals surface area contributed by atoms with Gasteiger partial charge >= 0.3 is 6.09 Å². The fraction of sp³-hybridized carbons (Fsp3) is 0.789. The van der Waals surface area contributed by atoms with Crippen molar-refractivity contribution in [3.8, 4) is 0 Å². The van der Waals surface area contributed by atoms with Gasteiger partial charge in [-0.25, -0.2) is 9.86 Å². The van der Waals surface area contributed by atoms with Crippen molar-refractivity contribution in [2.75, 3.05) is 13.1 Å². The summed E-state index contributed by atoms with van der Waals surface area (Å²) in [5.41, 5.74) is 0. The Morgan fingerprint density at radius 2 is 1.82 bits per heavy atom. The number of imide groups is 1. The summed E-state index contributed by atoms with van der Waals surface area (Å²) in [5.74, 6) is -1.24. The average molecular weight is 395 g/mol. The van der Waals surface area contributed by atoms with E-state index in [-0.39, 0.29) is 24.5 Å². The Morgan fingerprint density at radius 3 is 2.43 bits per heavy atom. The fourth-order valence-electron chi connectivity index (χ4n) is 4.40. The van der Waals surface area contributed by atoms with Gasteiger partial charge in [-0.1, -0.05) is 12.8 Å². The van der Waals surface area contributed by atoms with E-state index in [4.69, 9.17) is 4.74 Å². The normalized spacial score (nSPS) is 23.8. The molecule has 0 radical (unpaired) electrons. The summed E-state index contributed by atoms with van der Waals surface area (Å²) in [5, 5.41) is 12.4. The van der Waals surface area contributed by atoms with Crippen molar-refractivity contribution < 1.29 is 29.1 Å². The van der Waals surface area contributed by atoms with E-state index in [1.807, 2.05) is 0 Å². The van der Waals surface area contributed by atoms with Crippen LogP contribution in [0.1, 0.15) is 57.8 Å². The summed E-state index contributed by atoms with van der Waals surface area (Å²) in [7, 11) is 0.